The van der Waals surface area contributed by atoms with Crippen LogP contribution in [0.3, 0.4) is 0 Å². The van der Waals surface area contributed by atoms with Gasteiger partial charge in [-0.25, -0.2) is 4.79 Å². The monoisotopic (exact) mass is 463 g/mol. The minimum Gasteiger partial charge on any atom is -0.449 e. The summed E-state index contributed by atoms with van der Waals surface area (Å²) in [5.74, 6) is -0.0672. The summed E-state index contributed by atoms with van der Waals surface area (Å²) in [6.07, 6.45) is -3.38. The van der Waals surface area contributed by atoms with Gasteiger partial charge in [-0.2, -0.15) is 0 Å². The summed E-state index contributed by atoms with van der Waals surface area (Å²) in [7, 11) is 0. The summed E-state index contributed by atoms with van der Waals surface area (Å²) in [5, 5.41) is 34.2. The standard InChI is InChI=1S/C25H25N3O6/c26-22-10-9-15(28(32)33)13-20(22)24(30)23(29)11-12-27-25(31)34-14-21-18-7-3-1-5-16(18)17-6-2-4-8-19(17)21/h1-10,13,21,23-24,29-30H,11-12,14,26H2,(H,27,31). The topological polar surface area (TPSA) is 148 Å². The molecule has 2 atom stereocenters. The van der Waals surface area contributed by atoms with Crippen LogP contribution in [0.5, 0.6) is 0 Å². The van der Waals surface area contributed by atoms with Crippen molar-refractivity contribution in [1.82, 2.24) is 5.32 Å². The molecule has 0 bridgehead atoms. The molecular weight excluding hydrogens is 438 g/mol. The van der Waals surface area contributed by atoms with E-state index in [9.17, 15) is 25.1 Å². The summed E-state index contributed by atoms with van der Waals surface area (Å²) in [6, 6.07) is 19.7. The molecule has 0 aromatic heterocycles. The van der Waals surface area contributed by atoms with Gasteiger partial charge in [0.1, 0.15) is 12.7 Å². The molecule has 9 nitrogen and oxygen atoms in total. The number of anilines is 1. The van der Waals surface area contributed by atoms with Crippen LogP contribution in [0.15, 0.2) is 66.7 Å². The van der Waals surface area contributed by atoms with Crippen LogP contribution in [0.25, 0.3) is 11.1 Å². The first-order valence-corrected chi connectivity index (χ1v) is 10.9. The lowest BCUT2D eigenvalue weighted by Gasteiger charge is -2.20. The molecule has 2 unspecified atom stereocenters. The molecule has 9 heteroatoms. The summed E-state index contributed by atoms with van der Waals surface area (Å²) in [6.45, 7) is 0.193. The Bertz CT molecular complexity index is 1170. The van der Waals surface area contributed by atoms with E-state index in [4.69, 9.17) is 10.5 Å². The molecule has 3 aromatic carbocycles. The Kier molecular flexibility index (Phi) is 6.76. The van der Waals surface area contributed by atoms with Crippen molar-refractivity contribution in [1.29, 1.82) is 0 Å². The van der Waals surface area contributed by atoms with Crippen LogP contribution in [0.4, 0.5) is 16.2 Å². The number of nitrogens with one attached hydrogen (secondary N) is 1. The highest BCUT2D eigenvalue weighted by Gasteiger charge is 2.29. The van der Waals surface area contributed by atoms with E-state index in [1.165, 1.54) is 12.1 Å². The van der Waals surface area contributed by atoms with E-state index < -0.39 is 23.2 Å². The number of carbonyl (C=O) groups excluding carboxylic acids is 1. The number of hydrogen-bond acceptors (Lipinski definition) is 7. The van der Waals surface area contributed by atoms with Crippen molar-refractivity contribution in [3.05, 3.63) is 93.5 Å². The SMILES string of the molecule is Nc1ccc([N+](=O)[O-])cc1C(O)C(O)CCNC(=O)OCC1c2ccccc2-c2ccccc21. The average molecular weight is 463 g/mol. The van der Waals surface area contributed by atoms with Crippen LogP contribution in [-0.2, 0) is 4.74 Å². The Hall–Kier alpha value is -3.95. The van der Waals surface area contributed by atoms with E-state index in [1.807, 2.05) is 36.4 Å². The third kappa shape index (κ3) is 4.70. The Balaban J connectivity index is 1.30. The lowest BCUT2D eigenvalue weighted by molar-refractivity contribution is -0.385. The van der Waals surface area contributed by atoms with Gasteiger partial charge in [-0.05, 0) is 34.7 Å². The number of nitro groups is 1. The zero-order chi connectivity index (χ0) is 24.2. The van der Waals surface area contributed by atoms with Crippen LogP contribution in [0.2, 0.25) is 0 Å². The lowest BCUT2D eigenvalue weighted by atomic mass is 9.98. The number of nitrogens with zero attached hydrogens (tertiary/aromatic N) is 1. The van der Waals surface area contributed by atoms with Crippen LogP contribution in [-0.4, -0.2) is 40.5 Å². The van der Waals surface area contributed by atoms with Crippen molar-refractivity contribution >= 4 is 17.5 Å². The van der Waals surface area contributed by atoms with Crippen LogP contribution < -0.4 is 11.1 Å². The number of aliphatic hydroxyl groups excluding tert-OH is 2. The first-order chi connectivity index (χ1) is 16.4. The second kappa shape index (κ2) is 9.90. The van der Waals surface area contributed by atoms with E-state index in [0.717, 1.165) is 28.3 Å². The summed E-state index contributed by atoms with van der Waals surface area (Å²) in [5.41, 5.74) is 10.2. The number of amides is 1. The van der Waals surface area contributed by atoms with E-state index in [2.05, 4.69) is 17.4 Å². The maximum absolute atomic E-state index is 12.2. The number of aliphatic hydroxyl groups is 2. The van der Waals surface area contributed by atoms with Gasteiger partial charge in [-0.15, -0.1) is 0 Å². The molecule has 34 heavy (non-hydrogen) atoms. The van der Waals surface area contributed by atoms with Gasteiger partial charge in [-0.3, -0.25) is 10.1 Å². The van der Waals surface area contributed by atoms with Gasteiger partial charge in [0.15, 0.2) is 0 Å². The summed E-state index contributed by atoms with van der Waals surface area (Å²) in [4.78, 5) is 22.6. The molecular formula is C25H25N3O6. The maximum atomic E-state index is 12.2. The Morgan fingerprint density at radius 2 is 1.68 bits per heavy atom. The molecule has 4 rings (SSSR count). The van der Waals surface area contributed by atoms with Crippen molar-refractivity contribution < 1.29 is 24.7 Å². The molecule has 176 valence electrons. The second-order valence-electron chi connectivity index (χ2n) is 8.12. The highest BCUT2D eigenvalue weighted by atomic mass is 16.6. The van der Waals surface area contributed by atoms with Gasteiger partial charge in [0, 0.05) is 35.8 Å². The predicted molar refractivity (Wildman–Crippen MR) is 126 cm³/mol. The number of hydrogen-bond donors (Lipinski definition) is 4. The molecule has 0 radical (unpaired) electrons. The average Bonchev–Trinajstić information content (AvgIpc) is 3.16. The first kappa shape index (κ1) is 23.2. The molecule has 0 saturated heterocycles. The zero-order valence-electron chi connectivity index (χ0n) is 18.3. The van der Waals surface area contributed by atoms with E-state index in [-0.39, 0.29) is 42.4 Å². The number of ether oxygens (including phenoxy) is 1. The molecule has 0 saturated carbocycles. The molecule has 3 aromatic rings. The fourth-order valence-electron chi connectivity index (χ4n) is 4.27. The number of carbonyl (C=O) groups is 1. The van der Waals surface area contributed by atoms with E-state index in [1.54, 1.807) is 0 Å². The molecule has 0 spiro atoms. The molecule has 1 amide bonds. The fourth-order valence-corrected chi connectivity index (χ4v) is 4.27. The number of nitrogen functional groups attached to an aromatic ring is 1. The number of fused-ring (bicyclic) bond motifs is 3. The lowest BCUT2D eigenvalue weighted by Crippen LogP contribution is -2.30. The summed E-state index contributed by atoms with van der Waals surface area (Å²) < 4.78 is 5.44. The largest absolute Gasteiger partial charge is 0.449 e. The quantitative estimate of drug-likeness (QED) is 0.227. The second-order valence-corrected chi connectivity index (χ2v) is 8.12. The summed E-state index contributed by atoms with van der Waals surface area (Å²) >= 11 is 0. The number of nitrogens with two attached hydrogens (primary N) is 1. The zero-order valence-corrected chi connectivity index (χ0v) is 18.3. The molecule has 0 aliphatic heterocycles. The number of benzene rings is 3. The normalized spacial score (nSPS) is 14.1. The molecule has 1 aliphatic carbocycles. The van der Waals surface area contributed by atoms with Crippen LogP contribution in [0, 0.1) is 10.1 Å². The maximum Gasteiger partial charge on any atom is 0.407 e. The van der Waals surface area contributed by atoms with Crippen molar-refractivity contribution in [2.45, 2.75) is 24.5 Å². The van der Waals surface area contributed by atoms with Gasteiger partial charge >= 0.3 is 6.09 Å². The van der Waals surface area contributed by atoms with Crippen molar-refractivity contribution in [3.63, 3.8) is 0 Å². The molecule has 0 fully saturated rings. The molecule has 0 heterocycles. The minimum atomic E-state index is -1.44. The van der Waals surface area contributed by atoms with E-state index >= 15 is 0 Å². The van der Waals surface area contributed by atoms with Crippen molar-refractivity contribution in [2.75, 3.05) is 18.9 Å². The highest BCUT2D eigenvalue weighted by molar-refractivity contribution is 5.79. The number of nitro benzene ring substituents is 1. The van der Waals surface area contributed by atoms with Gasteiger partial charge in [0.2, 0.25) is 0 Å². The van der Waals surface area contributed by atoms with Gasteiger partial charge < -0.3 is 26.0 Å². The Labute approximate surface area is 196 Å². The number of non-ortho nitro benzene ring substituents is 1. The fraction of sp³-hybridized carbons (Fsp3) is 0.240. The first-order valence-electron chi connectivity index (χ1n) is 10.9. The van der Waals surface area contributed by atoms with Crippen molar-refractivity contribution in [3.8, 4) is 11.1 Å². The number of alkyl carbamates (subject to hydrolysis) is 1. The van der Waals surface area contributed by atoms with Crippen LogP contribution >= 0.6 is 0 Å². The third-order valence-corrected chi connectivity index (χ3v) is 6.02. The highest BCUT2D eigenvalue weighted by Crippen LogP contribution is 2.44. The van der Waals surface area contributed by atoms with Crippen LogP contribution in [0.1, 0.15) is 35.1 Å². The van der Waals surface area contributed by atoms with Gasteiger partial charge in [0.25, 0.3) is 5.69 Å². The van der Waals surface area contributed by atoms with Gasteiger partial charge in [0.05, 0.1) is 11.0 Å². The Morgan fingerprint density at radius 1 is 1.06 bits per heavy atom. The van der Waals surface area contributed by atoms with Crippen molar-refractivity contribution in [2.24, 2.45) is 0 Å². The Morgan fingerprint density at radius 3 is 2.29 bits per heavy atom. The smallest absolute Gasteiger partial charge is 0.407 e. The van der Waals surface area contributed by atoms with E-state index in [0.29, 0.717) is 0 Å². The predicted octanol–water partition coefficient (Wildman–Crippen LogP) is 3.50. The molecule has 5 N–H and O–H groups in total. The number of rotatable bonds is 8. The van der Waals surface area contributed by atoms with Gasteiger partial charge in [-0.1, -0.05) is 48.5 Å². The minimum absolute atomic E-state index is 0.00645. The third-order valence-electron chi connectivity index (χ3n) is 6.02. The molecule has 1 aliphatic rings.